The maximum absolute atomic E-state index is 12.5. The molecule has 2 atom stereocenters. The molecule has 0 aliphatic heterocycles. The average molecular weight is 893 g/mol. The van der Waals surface area contributed by atoms with E-state index in [1.807, 2.05) is 6.08 Å². The molecule has 0 aliphatic carbocycles. The molecule has 0 spiro atoms. The minimum Gasteiger partial charge on any atom is -0.394 e. The van der Waals surface area contributed by atoms with Gasteiger partial charge in [0.2, 0.25) is 5.91 Å². The first kappa shape index (κ1) is 61.8. The van der Waals surface area contributed by atoms with Crippen LogP contribution in [0.1, 0.15) is 284 Å². The largest absolute Gasteiger partial charge is 0.394 e. The van der Waals surface area contributed by atoms with Crippen molar-refractivity contribution >= 4 is 5.91 Å². The molecule has 3 N–H and O–H groups in total. The van der Waals surface area contributed by atoms with Crippen molar-refractivity contribution < 1.29 is 15.0 Å². The van der Waals surface area contributed by atoms with Gasteiger partial charge in [-0.1, -0.05) is 267 Å². The second kappa shape index (κ2) is 55.2. The van der Waals surface area contributed by atoms with Crippen molar-refractivity contribution in [2.24, 2.45) is 0 Å². The van der Waals surface area contributed by atoms with Crippen LogP contribution in [0.4, 0.5) is 0 Å². The number of hydrogen-bond acceptors (Lipinski definition) is 3. The summed E-state index contributed by atoms with van der Waals surface area (Å²) in [6, 6.07) is -0.654. The SMILES string of the molecule is CCCCCCC/C=C\C/C=C\C/C=C\CCCCCCCCCCC(=O)NC(CO)C(O)/C=C/CC/C=C/CC/C=C/CCCCCCCCCCCCCCCCCCCCC. The second-order valence-corrected chi connectivity index (χ2v) is 19.0. The van der Waals surface area contributed by atoms with Crippen molar-refractivity contribution in [1.29, 1.82) is 0 Å². The number of carbonyl (C=O) groups excluding carboxylic acids is 1. The van der Waals surface area contributed by atoms with E-state index < -0.39 is 12.1 Å². The Morgan fingerprint density at radius 3 is 1.02 bits per heavy atom. The van der Waals surface area contributed by atoms with Gasteiger partial charge in [-0.25, -0.2) is 0 Å². The Morgan fingerprint density at radius 1 is 0.375 bits per heavy atom. The topological polar surface area (TPSA) is 69.6 Å². The summed E-state index contributed by atoms with van der Waals surface area (Å²) in [4.78, 5) is 12.5. The van der Waals surface area contributed by atoms with Crippen molar-refractivity contribution in [2.75, 3.05) is 6.61 Å². The van der Waals surface area contributed by atoms with E-state index in [0.717, 1.165) is 57.8 Å². The Morgan fingerprint density at radius 2 is 0.656 bits per heavy atom. The van der Waals surface area contributed by atoms with Crippen molar-refractivity contribution in [3.8, 4) is 0 Å². The van der Waals surface area contributed by atoms with Gasteiger partial charge in [0.05, 0.1) is 18.8 Å². The maximum atomic E-state index is 12.5. The number of hydrogen-bond donors (Lipinski definition) is 3. The van der Waals surface area contributed by atoms with Crippen LogP contribution in [0.5, 0.6) is 0 Å². The van der Waals surface area contributed by atoms with Gasteiger partial charge in [-0.3, -0.25) is 4.79 Å². The maximum Gasteiger partial charge on any atom is 0.220 e. The van der Waals surface area contributed by atoms with Gasteiger partial charge in [0.25, 0.3) is 0 Å². The van der Waals surface area contributed by atoms with Crippen molar-refractivity contribution in [1.82, 2.24) is 5.32 Å². The lowest BCUT2D eigenvalue weighted by Gasteiger charge is -2.19. The first-order valence-corrected chi connectivity index (χ1v) is 28.2. The third-order valence-corrected chi connectivity index (χ3v) is 12.6. The summed E-state index contributed by atoms with van der Waals surface area (Å²) < 4.78 is 0. The molecule has 64 heavy (non-hydrogen) atoms. The van der Waals surface area contributed by atoms with Crippen LogP contribution in [0.25, 0.3) is 0 Å². The van der Waals surface area contributed by atoms with Gasteiger partial charge >= 0.3 is 0 Å². The summed E-state index contributed by atoms with van der Waals surface area (Å²) in [7, 11) is 0. The lowest BCUT2D eigenvalue weighted by atomic mass is 10.0. The molecule has 2 unspecified atom stereocenters. The molecule has 0 heterocycles. The van der Waals surface area contributed by atoms with E-state index in [0.29, 0.717) is 6.42 Å². The molecule has 4 heteroatoms. The van der Waals surface area contributed by atoms with Crippen LogP contribution < -0.4 is 5.32 Å². The quantitative estimate of drug-likeness (QED) is 0.0421. The smallest absolute Gasteiger partial charge is 0.220 e. The molecule has 0 aromatic heterocycles. The number of rotatable bonds is 51. The first-order chi connectivity index (χ1) is 31.7. The van der Waals surface area contributed by atoms with Gasteiger partial charge < -0.3 is 15.5 Å². The van der Waals surface area contributed by atoms with Gasteiger partial charge in [-0.2, -0.15) is 0 Å². The van der Waals surface area contributed by atoms with E-state index in [-0.39, 0.29) is 12.5 Å². The van der Waals surface area contributed by atoms with Gasteiger partial charge in [0, 0.05) is 6.42 Å². The third kappa shape index (κ3) is 50.8. The Kier molecular flexibility index (Phi) is 53.3. The number of amides is 1. The Bertz CT molecular complexity index is 1100. The summed E-state index contributed by atoms with van der Waals surface area (Å²) in [6.45, 7) is 4.30. The summed E-state index contributed by atoms with van der Waals surface area (Å²) in [6.07, 6.45) is 79.2. The molecule has 372 valence electrons. The van der Waals surface area contributed by atoms with Gasteiger partial charge in [0.15, 0.2) is 0 Å². The number of aliphatic hydroxyl groups excluding tert-OH is 2. The zero-order chi connectivity index (χ0) is 46.3. The summed E-state index contributed by atoms with van der Waals surface area (Å²) >= 11 is 0. The highest BCUT2D eigenvalue weighted by Gasteiger charge is 2.18. The monoisotopic (exact) mass is 892 g/mol. The minimum absolute atomic E-state index is 0.0852. The molecular weight excluding hydrogens is 783 g/mol. The van der Waals surface area contributed by atoms with Gasteiger partial charge in [0.1, 0.15) is 0 Å². The van der Waals surface area contributed by atoms with Crippen molar-refractivity contribution in [3.05, 3.63) is 72.9 Å². The van der Waals surface area contributed by atoms with Crippen LogP contribution in [0, 0.1) is 0 Å². The molecule has 0 fully saturated rings. The molecule has 0 bridgehead atoms. The fraction of sp³-hybridized carbons (Fsp3) is 0.783. The number of unbranched alkanes of at least 4 members (excludes halogenated alkanes) is 34. The van der Waals surface area contributed by atoms with Crippen LogP contribution in [0.2, 0.25) is 0 Å². The van der Waals surface area contributed by atoms with Crippen molar-refractivity contribution in [2.45, 2.75) is 296 Å². The highest BCUT2D eigenvalue weighted by molar-refractivity contribution is 5.76. The lowest BCUT2D eigenvalue weighted by molar-refractivity contribution is -0.123. The molecular formula is C60H109NO3. The molecule has 0 saturated heterocycles. The summed E-state index contributed by atoms with van der Waals surface area (Å²) in [5.41, 5.74) is 0. The average Bonchev–Trinajstić information content (AvgIpc) is 3.30. The highest BCUT2D eigenvalue weighted by atomic mass is 16.3. The Labute approximate surface area is 399 Å². The predicted octanol–water partition coefficient (Wildman–Crippen LogP) is 18.6. The molecule has 1 amide bonds. The standard InChI is InChI=1S/C60H109NO3/c1-3-5-7-9-11-13-15-17-19-21-23-25-27-28-29-30-31-32-34-35-37-39-41-43-45-47-49-51-53-55-59(63)58(57-62)61-60(64)56-54-52-50-48-46-44-42-40-38-36-33-26-24-22-20-18-16-14-12-10-8-6-4-2/h16,18,22,24,33,36-37,39,45,47,53,55,58-59,62-63H,3-15,17,19-21,23,25-32,34-35,38,40-44,46,48-52,54,56-57H2,1-2H3,(H,61,64)/b18-16-,24-22-,36-33-,39-37+,47-45+,55-53+. The highest BCUT2D eigenvalue weighted by Crippen LogP contribution is 2.16. The molecule has 0 saturated carbocycles. The van der Waals surface area contributed by atoms with E-state index in [9.17, 15) is 15.0 Å². The molecule has 0 aromatic carbocycles. The summed E-state index contributed by atoms with van der Waals surface area (Å²) in [5.74, 6) is -0.0852. The van der Waals surface area contributed by atoms with Crippen LogP contribution >= 0.6 is 0 Å². The van der Waals surface area contributed by atoms with E-state index in [1.165, 1.54) is 205 Å². The third-order valence-electron chi connectivity index (χ3n) is 12.6. The molecule has 0 aromatic rings. The zero-order valence-corrected chi connectivity index (χ0v) is 42.8. The van der Waals surface area contributed by atoms with Crippen LogP contribution in [0.15, 0.2) is 72.9 Å². The van der Waals surface area contributed by atoms with Gasteiger partial charge in [-0.15, -0.1) is 0 Å². The van der Waals surface area contributed by atoms with Crippen molar-refractivity contribution in [3.63, 3.8) is 0 Å². The molecule has 0 radical (unpaired) electrons. The fourth-order valence-electron chi connectivity index (χ4n) is 8.34. The Hall–Kier alpha value is -2.17. The van der Waals surface area contributed by atoms with E-state index in [1.54, 1.807) is 6.08 Å². The second-order valence-electron chi connectivity index (χ2n) is 19.0. The molecule has 0 aliphatic rings. The normalized spacial score (nSPS) is 13.4. The van der Waals surface area contributed by atoms with Crippen LogP contribution in [-0.2, 0) is 4.79 Å². The van der Waals surface area contributed by atoms with Gasteiger partial charge in [-0.05, 0) is 83.5 Å². The minimum atomic E-state index is -0.878. The number of carbonyl (C=O) groups is 1. The fourth-order valence-corrected chi connectivity index (χ4v) is 8.34. The predicted molar refractivity (Wildman–Crippen MR) is 285 cm³/mol. The van der Waals surface area contributed by atoms with E-state index in [4.69, 9.17) is 0 Å². The summed E-state index contributed by atoms with van der Waals surface area (Å²) in [5, 5.41) is 23.1. The Balaban J connectivity index is 3.59. The lowest BCUT2D eigenvalue weighted by Crippen LogP contribution is -2.45. The van der Waals surface area contributed by atoms with Crippen LogP contribution in [0.3, 0.4) is 0 Å². The number of nitrogens with one attached hydrogen (secondary N) is 1. The zero-order valence-electron chi connectivity index (χ0n) is 42.8. The first-order valence-electron chi connectivity index (χ1n) is 28.2. The number of aliphatic hydroxyl groups is 2. The number of allylic oxidation sites excluding steroid dienone is 11. The van der Waals surface area contributed by atoms with E-state index >= 15 is 0 Å². The molecule has 0 rings (SSSR count). The molecule has 4 nitrogen and oxygen atoms in total. The van der Waals surface area contributed by atoms with Crippen LogP contribution in [-0.4, -0.2) is 34.9 Å². The van der Waals surface area contributed by atoms with E-state index in [2.05, 4.69) is 79.9 Å².